The van der Waals surface area contributed by atoms with E-state index in [-0.39, 0.29) is 18.3 Å². The molecule has 3 rings (SSSR count). The summed E-state index contributed by atoms with van der Waals surface area (Å²) in [7, 11) is 0. The van der Waals surface area contributed by atoms with Gasteiger partial charge in [-0.2, -0.15) is 0 Å². The average molecular weight is 360 g/mol. The lowest BCUT2D eigenvalue weighted by Gasteiger charge is -2.08. The van der Waals surface area contributed by atoms with Crippen LogP contribution in [0.4, 0.5) is 4.39 Å². The number of halogens is 1. The maximum absolute atomic E-state index is 13.2. The molecule has 124 valence electrons. The molecule has 0 bridgehead atoms. The third-order valence-corrected chi connectivity index (χ3v) is 5.81. The largest absolute Gasteiger partial charge is 0.348 e. The lowest BCUT2D eigenvalue weighted by molar-refractivity contribution is 0.0950. The average Bonchev–Trinajstić information content (AvgIpc) is 2.97. The standard InChI is InChI=1S/C18H17FN2OS2/c1-3-23-16-8-14-11(2)15(10-21-18(14)24-16)17(22)20-9-12-5-4-6-13(19)7-12/h4-8,10H,3,9H2,1-2H3,(H,20,22). The van der Waals surface area contributed by atoms with Gasteiger partial charge in [0.1, 0.15) is 10.6 Å². The first-order valence-electron chi connectivity index (χ1n) is 7.63. The summed E-state index contributed by atoms with van der Waals surface area (Å²) in [5.74, 6) is 0.509. The third kappa shape index (κ3) is 3.60. The highest BCUT2D eigenvalue weighted by Gasteiger charge is 2.14. The molecule has 0 fully saturated rings. The van der Waals surface area contributed by atoms with E-state index >= 15 is 0 Å². The number of hydrogen-bond donors (Lipinski definition) is 1. The SMILES string of the molecule is CCSc1cc2c(C)c(C(=O)NCc3cccc(F)c3)cnc2s1. The van der Waals surface area contributed by atoms with Crippen LogP contribution < -0.4 is 5.32 Å². The van der Waals surface area contributed by atoms with Gasteiger partial charge >= 0.3 is 0 Å². The van der Waals surface area contributed by atoms with Gasteiger partial charge in [0.15, 0.2) is 0 Å². The van der Waals surface area contributed by atoms with Gasteiger partial charge in [-0.1, -0.05) is 19.1 Å². The highest BCUT2D eigenvalue weighted by molar-refractivity contribution is 8.01. The van der Waals surface area contributed by atoms with Crippen LogP contribution >= 0.6 is 23.1 Å². The first-order valence-corrected chi connectivity index (χ1v) is 9.43. The summed E-state index contributed by atoms with van der Waals surface area (Å²) < 4.78 is 14.4. The molecule has 24 heavy (non-hydrogen) atoms. The Morgan fingerprint density at radius 1 is 1.38 bits per heavy atom. The maximum Gasteiger partial charge on any atom is 0.253 e. The summed E-state index contributed by atoms with van der Waals surface area (Å²) >= 11 is 3.42. The molecule has 6 heteroatoms. The van der Waals surface area contributed by atoms with Crippen LogP contribution in [-0.2, 0) is 6.54 Å². The van der Waals surface area contributed by atoms with Crippen molar-refractivity contribution in [1.29, 1.82) is 0 Å². The Labute approximate surface area is 148 Å². The van der Waals surface area contributed by atoms with Crippen LogP contribution in [0.15, 0.2) is 40.7 Å². The minimum Gasteiger partial charge on any atom is -0.348 e. The number of pyridine rings is 1. The Morgan fingerprint density at radius 2 is 2.21 bits per heavy atom. The minimum absolute atomic E-state index is 0.193. The fraction of sp³-hybridized carbons (Fsp3) is 0.222. The fourth-order valence-electron chi connectivity index (χ4n) is 2.46. The van der Waals surface area contributed by atoms with Crippen LogP contribution in [0, 0.1) is 12.7 Å². The number of nitrogens with one attached hydrogen (secondary N) is 1. The molecule has 0 aliphatic rings. The molecule has 3 nitrogen and oxygen atoms in total. The summed E-state index contributed by atoms with van der Waals surface area (Å²) in [5.41, 5.74) is 2.22. The molecule has 2 aromatic heterocycles. The second-order valence-corrected chi connectivity index (χ2v) is 7.92. The number of amides is 1. The Bertz CT molecular complexity index is 892. The van der Waals surface area contributed by atoms with Crippen molar-refractivity contribution >= 4 is 39.2 Å². The number of hydrogen-bond acceptors (Lipinski definition) is 4. The Balaban J connectivity index is 1.80. The second-order valence-electron chi connectivity index (χ2n) is 5.33. The van der Waals surface area contributed by atoms with Crippen molar-refractivity contribution in [2.75, 3.05) is 5.75 Å². The fourth-order valence-corrected chi connectivity index (χ4v) is 4.56. The zero-order valence-corrected chi connectivity index (χ0v) is 15.1. The van der Waals surface area contributed by atoms with Crippen LogP contribution in [-0.4, -0.2) is 16.6 Å². The molecule has 0 aliphatic heterocycles. The molecular weight excluding hydrogens is 343 g/mol. The molecule has 1 amide bonds. The van der Waals surface area contributed by atoms with Gasteiger partial charge in [-0.3, -0.25) is 4.79 Å². The number of thiophene rings is 1. The number of thioether (sulfide) groups is 1. The van der Waals surface area contributed by atoms with Crippen molar-refractivity contribution in [2.45, 2.75) is 24.6 Å². The Hall–Kier alpha value is -1.92. The number of carbonyl (C=O) groups is 1. The van der Waals surface area contributed by atoms with Gasteiger partial charge in [-0.05, 0) is 42.0 Å². The second kappa shape index (κ2) is 7.32. The predicted molar refractivity (Wildman–Crippen MR) is 98.3 cm³/mol. The Morgan fingerprint density at radius 3 is 2.96 bits per heavy atom. The van der Waals surface area contributed by atoms with E-state index in [4.69, 9.17) is 0 Å². The first kappa shape index (κ1) is 16.9. The van der Waals surface area contributed by atoms with E-state index in [1.165, 1.54) is 16.3 Å². The van der Waals surface area contributed by atoms with E-state index in [0.29, 0.717) is 5.56 Å². The van der Waals surface area contributed by atoms with Crippen LogP contribution in [0.5, 0.6) is 0 Å². The number of aryl methyl sites for hydroxylation is 1. The summed E-state index contributed by atoms with van der Waals surface area (Å²) in [6.07, 6.45) is 1.62. The molecule has 2 heterocycles. The van der Waals surface area contributed by atoms with Gasteiger partial charge in [0, 0.05) is 18.1 Å². The number of rotatable bonds is 5. The highest BCUT2D eigenvalue weighted by atomic mass is 32.2. The lowest BCUT2D eigenvalue weighted by Crippen LogP contribution is -2.23. The van der Waals surface area contributed by atoms with Gasteiger partial charge in [0.05, 0.1) is 9.77 Å². The van der Waals surface area contributed by atoms with Gasteiger partial charge in [-0.15, -0.1) is 23.1 Å². The van der Waals surface area contributed by atoms with Gasteiger partial charge in [0.2, 0.25) is 0 Å². The quantitative estimate of drug-likeness (QED) is 0.666. The van der Waals surface area contributed by atoms with E-state index in [9.17, 15) is 9.18 Å². The highest BCUT2D eigenvalue weighted by Crippen LogP contribution is 2.34. The predicted octanol–water partition coefficient (Wildman–Crippen LogP) is 4.79. The molecule has 3 aromatic rings. The molecule has 0 atom stereocenters. The molecule has 1 aromatic carbocycles. The van der Waals surface area contributed by atoms with E-state index < -0.39 is 0 Å². The molecule has 0 spiro atoms. The smallest absolute Gasteiger partial charge is 0.253 e. The van der Waals surface area contributed by atoms with Crippen molar-refractivity contribution in [3.8, 4) is 0 Å². The first-order chi connectivity index (χ1) is 11.6. The van der Waals surface area contributed by atoms with Crippen LogP contribution in [0.1, 0.15) is 28.4 Å². The van der Waals surface area contributed by atoms with Gasteiger partial charge < -0.3 is 5.32 Å². The summed E-state index contributed by atoms with van der Waals surface area (Å²) in [5, 5.41) is 3.86. The monoisotopic (exact) mass is 360 g/mol. The zero-order valence-electron chi connectivity index (χ0n) is 13.4. The molecule has 0 unspecified atom stereocenters. The van der Waals surface area contributed by atoms with Crippen LogP contribution in [0.25, 0.3) is 10.2 Å². The number of nitrogens with zero attached hydrogens (tertiary/aromatic N) is 1. The molecular formula is C18H17FN2OS2. The Kier molecular flexibility index (Phi) is 5.16. The number of benzene rings is 1. The van der Waals surface area contributed by atoms with Crippen molar-refractivity contribution in [1.82, 2.24) is 10.3 Å². The molecule has 0 saturated carbocycles. The van der Waals surface area contributed by atoms with Crippen molar-refractivity contribution in [2.24, 2.45) is 0 Å². The lowest BCUT2D eigenvalue weighted by atomic mass is 10.1. The third-order valence-electron chi connectivity index (χ3n) is 3.68. The molecule has 0 saturated heterocycles. The number of carbonyl (C=O) groups excluding carboxylic acids is 1. The van der Waals surface area contributed by atoms with E-state index in [1.807, 2.05) is 6.92 Å². The topological polar surface area (TPSA) is 42.0 Å². The molecule has 0 aliphatic carbocycles. The van der Waals surface area contributed by atoms with E-state index in [0.717, 1.165) is 27.1 Å². The minimum atomic E-state index is -0.305. The summed E-state index contributed by atoms with van der Waals surface area (Å²) in [4.78, 5) is 17.8. The number of aromatic nitrogens is 1. The number of fused-ring (bicyclic) bond motifs is 1. The maximum atomic E-state index is 13.2. The summed E-state index contributed by atoms with van der Waals surface area (Å²) in [6.45, 7) is 4.34. The van der Waals surface area contributed by atoms with Crippen LogP contribution in [0.3, 0.4) is 0 Å². The van der Waals surface area contributed by atoms with E-state index in [2.05, 4.69) is 23.3 Å². The molecule has 1 N–H and O–H groups in total. The molecule has 0 radical (unpaired) electrons. The normalized spacial score (nSPS) is 11.0. The van der Waals surface area contributed by atoms with Crippen LogP contribution in [0.2, 0.25) is 0 Å². The zero-order chi connectivity index (χ0) is 17.1. The van der Waals surface area contributed by atoms with E-state index in [1.54, 1.807) is 41.4 Å². The van der Waals surface area contributed by atoms with Gasteiger partial charge in [0.25, 0.3) is 5.91 Å². The van der Waals surface area contributed by atoms with Crippen molar-refractivity contribution in [3.05, 3.63) is 59.0 Å². The summed E-state index contributed by atoms with van der Waals surface area (Å²) in [6, 6.07) is 8.32. The van der Waals surface area contributed by atoms with Gasteiger partial charge in [-0.25, -0.2) is 9.37 Å². The van der Waals surface area contributed by atoms with Crippen molar-refractivity contribution < 1.29 is 9.18 Å². The van der Waals surface area contributed by atoms with Crippen molar-refractivity contribution in [3.63, 3.8) is 0 Å².